The van der Waals surface area contributed by atoms with Crippen LogP contribution in [0.15, 0.2) is 23.1 Å². The number of nitrogens with one attached hydrogen (secondary N) is 1. The number of sulfonamides is 1. The lowest BCUT2D eigenvalue weighted by Crippen LogP contribution is -2.25. The molecule has 0 fully saturated rings. The Kier molecular flexibility index (Phi) is 4.55. The molecule has 3 N–H and O–H groups in total. The molecule has 1 aromatic carbocycles. The summed E-state index contributed by atoms with van der Waals surface area (Å²) in [4.78, 5) is 0.234. The van der Waals surface area contributed by atoms with Crippen LogP contribution in [0.1, 0.15) is 19.4 Å². The summed E-state index contributed by atoms with van der Waals surface area (Å²) in [6, 6.07) is 4.90. The van der Waals surface area contributed by atoms with Gasteiger partial charge in [0.05, 0.1) is 11.4 Å². The minimum absolute atomic E-state index is 0.108. The third-order valence-corrected chi connectivity index (χ3v) is 3.77. The predicted octanol–water partition coefficient (Wildman–Crippen LogP) is 1.13. The van der Waals surface area contributed by atoms with Crippen molar-refractivity contribution >= 4 is 15.7 Å². The van der Waals surface area contributed by atoms with Gasteiger partial charge in [0.2, 0.25) is 10.0 Å². The quantitative estimate of drug-likeness (QED) is 0.623. The van der Waals surface area contributed by atoms with E-state index in [4.69, 9.17) is 5.73 Å². The molecule has 0 amide bonds. The molecule has 0 heterocycles. The van der Waals surface area contributed by atoms with E-state index in [1.165, 1.54) is 6.07 Å². The van der Waals surface area contributed by atoms with Crippen molar-refractivity contribution in [1.82, 2.24) is 4.72 Å². The van der Waals surface area contributed by atoms with Crippen molar-refractivity contribution in [3.05, 3.63) is 23.8 Å². The molecule has 0 unspecified atom stereocenters. The van der Waals surface area contributed by atoms with Crippen LogP contribution in [-0.2, 0) is 16.4 Å². The van der Waals surface area contributed by atoms with E-state index in [0.717, 1.165) is 5.56 Å². The second-order valence-electron chi connectivity index (χ2n) is 3.47. The molecule has 0 saturated carbocycles. The molecule has 0 aliphatic carbocycles. The topological polar surface area (TPSA) is 72.2 Å². The molecule has 0 bridgehead atoms. The Morgan fingerprint density at radius 2 is 2.12 bits per heavy atom. The Labute approximate surface area is 102 Å². The van der Waals surface area contributed by atoms with Crippen molar-refractivity contribution in [3.8, 4) is 11.8 Å². The third kappa shape index (κ3) is 3.48. The van der Waals surface area contributed by atoms with Crippen molar-refractivity contribution in [1.29, 1.82) is 0 Å². The van der Waals surface area contributed by atoms with E-state index >= 15 is 0 Å². The maximum atomic E-state index is 12.0. The van der Waals surface area contributed by atoms with Crippen LogP contribution in [0, 0.1) is 11.8 Å². The van der Waals surface area contributed by atoms with E-state index in [9.17, 15) is 8.42 Å². The zero-order valence-corrected chi connectivity index (χ0v) is 10.8. The van der Waals surface area contributed by atoms with Gasteiger partial charge in [0.1, 0.15) is 0 Å². The van der Waals surface area contributed by atoms with E-state index in [1.54, 1.807) is 19.1 Å². The first kappa shape index (κ1) is 13.6. The van der Waals surface area contributed by atoms with Gasteiger partial charge in [-0.2, -0.15) is 4.72 Å². The highest BCUT2D eigenvalue weighted by Crippen LogP contribution is 2.19. The zero-order valence-electron chi connectivity index (χ0n) is 9.95. The lowest BCUT2D eigenvalue weighted by Gasteiger charge is -2.09. The number of anilines is 1. The molecule has 0 saturated heterocycles. The molecule has 1 rings (SSSR count). The van der Waals surface area contributed by atoms with Gasteiger partial charge in [0.15, 0.2) is 0 Å². The van der Waals surface area contributed by atoms with Crippen molar-refractivity contribution in [2.24, 2.45) is 0 Å². The van der Waals surface area contributed by atoms with Crippen molar-refractivity contribution < 1.29 is 8.42 Å². The summed E-state index contributed by atoms with van der Waals surface area (Å²) in [7, 11) is -3.53. The van der Waals surface area contributed by atoms with E-state index in [-0.39, 0.29) is 11.4 Å². The molecule has 5 heteroatoms. The molecule has 17 heavy (non-hydrogen) atoms. The third-order valence-electron chi connectivity index (χ3n) is 2.29. The SMILES string of the molecule is CC#CCNS(=O)(=O)c1cc(N)ccc1CC. The van der Waals surface area contributed by atoms with E-state index in [1.807, 2.05) is 6.92 Å². The number of hydrogen-bond donors (Lipinski definition) is 2. The average molecular weight is 252 g/mol. The molecule has 92 valence electrons. The summed E-state index contributed by atoms with van der Waals surface area (Å²) in [6.07, 6.45) is 0.635. The molecule has 1 aromatic rings. The Morgan fingerprint density at radius 3 is 2.71 bits per heavy atom. The van der Waals surface area contributed by atoms with Crippen LogP contribution >= 0.6 is 0 Å². The lowest BCUT2D eigenvalue weighted by molar-refractivity contribution is 0.585. The highest BCUT2D eigenvalue weighted by atomic mass is 32.2. The van der Waals surface area contributed by atoms with Gasteiger partial charge in [-0.3, -0.25) is 0 Å². The number of benzene rings is 1. The van der Waals surface area contributed by atoms with E-state index in [2.05, 4.69) is 16.6 Å². The molecule has 0 aliphatic rings. The lowest BCUT2D eigenvalue weighted by atomic mass is 10.1. The fraction of sp³-hybridized carbons (Fsp3) is 0.333. The largest absolute Gasteiger partial charge is 0.399 e. The van der Waals surface area contributed by atoms with Crippen LogP contribution in [0.3, 0.4) is 0 Å². The van der Waals surface area contributed by atoms with Crippen LogP contribution < -0.4 is 10.5 Å². The van der Waals surface area contributed by atoms with Gasteiger partial charge < -0.3 is 5.73 Å². The standard InChI is InChI=1S/C12H16N2O2S/c1-3-5-8-14-17(15,16)12-9-11(13)7-6-10(12)4-2/h6-7,9,14H,4,8,13H2,1-2H3. The van der Waals surface area contributed by atoms with Gasteiger partial charge in [-0.15, -0.1) is 5.92 Å². The van der Waals surface area contributed by atoms with Gasteiger partial charge >= 0.3 is 0 Å². The molecule has 0 atom stereocenters. The van der Waals surface area contributed by atoms with Crippen LogP contribution in [0.25, 0.3) is 0 Å². The van der Waals surface area contributed by atoms with E-state index < -0.39 is 10.0 Å². The maximum absolute atomic E-state index is 12.0. The summed E-state index contributed by atoms with van der Waals surface area (Å²) >= 11 is 0. The van der Waals surface area contributed by atoms with Crippen LogP contribution in [-0.4, -0.2) is 15.0 Å². The van der Waals surface area contributed by atoms with Crippen molar-refractivity contribution in [3.63, 3.8) is 0 Å². The van der Waals surface area contributed by atoms with E-state index in [0.29, 0.717) is 12.1 Å². The summed E-state index contributed by atoms with van der Waals surface area (Å²) in [5.74, 6) is 5.28. The maximum Gasteiger partial charge on any atom is 0.241 e. The molecule has 0 spiro atoms. The first-order valence-electron chi connectivity index (χ1n) is 5.29. The Hall–Kier alpha value is -1.51. The Balaban J connectivity index is 3.11. The van der Waals surface area contributed by atoms with Gasteiger partial charge in [-0.25, -0.2) is 8.42 Å². The summed E-state index contributed by atoms with van der Waals surface area (Å²) in [5.41, 5.74) is 6.79. The molecule has 0 aromatic heterocycles. The average Bonchev–Trinajstić information content (AvgIpc) is 2.29. The van der Waals surface area contributed by atoms with Gasteiger partial charge in [-0.1, -0.05) is 18.9 Å². The minimum atomic E-state index is -3.53. The van der Waals surface area contributed by atoms with Crippen LogP contribution in [0.2, 0.25) is 0 Å². The first-order chi connectivity index (χ1) is 8.01. The molecular weight excluding hydrogens is 236 g/mol. The molecule has 0 aliphatic heterocycles. The number of hydrogen-bond acceptors (Lipinski definition) is 3. The summed E-state index contributed by atoms with van der Waals surface area (Å²) < 4.78 is 26.4. The fourth-order valence-electron chi connectivity index (χ4n) is 1.41. The second-order valence-corrected chi connectivity index (χ2v) is 5.21. The van der Waals surface area contributed by atoms with Gasteiger partial charge in [0.25, 0.3) is 0 Å². The van der Waals surface area contributed by atoms with Gasteiger partial charge in [-0.05, 0) is 31.0 Å². The predicted molar refractivity (Wildman–Crippen MR) is 68.9 cm³/mol. The summed E-state index contributed by atoms with van der Waals surface area (Å²) in [5, 5.41) is 0. The number of nitrogens with two attached hydrogens (primary N) is 1. The zero-order chi connectivity index (χ0) is 12.9. The fourth-order valence-corrected chi connectivity index (χ4v) is 2.68. The monoisotopic (exact) mass is 252 g/mol. The van der Waals surface area contributed by atoms with Crippen molar-refractivity contribution in [2.45, 2.75) is 25.2 Å². The Morgan fingerprint density at radius 1 is 1.41 bits per heavy atom. The number of rotatable bonds is 4. The highest BCUT2D eigenvalue weighted by Gasteiger charge is 2.17. The minimum Gasteiger partial charge on any atom is -0.399 e. The Bertz CT molecular complexity index is 554. The summed E-state index contributed by atoms with van der Waals surface area (Å²) in [6.45, 7) is 3.67. The van der Waals surface area contributed by atoms with Crippen LogP contribution in [0.4, 0.5) is 5.69 Å². The normalized spacial score (nSPS) is 10.7. The molecular formula is C12H16N2O2S. The highest BCUT2D eigenvalue weighted by molar-refractivity contribution is 7.89. The van der Waals surface area contributed by atoms with Crippen molar-refractivity contribution in [2.75, 3.05) is 12.3 Å². The second kappa shape index (κ2) is 5.71. The molecule has 0 radical (unpaired) electrons. The molecule has 4 nitrogen and oxygen atoms in total. The smallest absolute Gasteiger partial charge is 0.241 e. The van der Waals surface area contributed by atoms with Crippen LogP contribution in [0.5, 0.6) is 0 Å². The first-order valence-corrected chi connectivity index (χ1v) is 6.77. The number of nitrogen functional groups attached to an aromatic ring is 1. The number of aryl methyl sites for hydroxylation is 1. The van der Waals surface area contributed by atoms with Gasteiger partial charge in [0, 0.05) is 5.69 Å².